The molecule has 8 heteroatoms. The fraction of sp³-hybridized carbons (Fsp3) is 0.667. The van der Waals surface area contributed by atoms with E-state index in [4.69, 9.17) is 0 Å². The third-order valence-electron chi connectivity index (χ3n) is 2.94. The molecule has 1 aromatic heterocycles. The highest BCUT2D eigenvalue weighted by Gasteiger charge is 2.32. The van der Waals surface area contributed by atoms with Crippen LogP contribution in [0.1, 0.15) is 12.1 Å². The average Bonchev–Trinajstić information content (AvgIpc) is 2.86. The highest BCUT2D eigenvalue weighted by atomic mass is 32.2. The van der Waals surface area contributed by atoms with Crippen molar-refractivity contribution in [2.24, 2.45) is 0 Å². The van der Waals surface area contributed by atoms with Gasteiger partial charge in [-0.2, -0.15) is 4.31 Å². The van der Waals surface area contributed by atoms with Gasteiger partial charge in [-0.05, 0) is 19.9 Å². The van der Waals surface area contributed by atoms with Crippen LogP contribution in [0.2, 0.25) is 0 Å². The number of sulfonamides is 1. The van der Waals surface area contributed by atoms with E-state index in [-0.39, 0.29) is 15.1 Å². The molecule has 0 radical (unpaired) electrons. The largest absolute Gasteiger partial charge is 0.315 e. The minimum Gasteiger partial charge on any atom is -0.315 e. The van der Waals surface area contributed by atoms with Crippen molar-refractivity contribution in [2.75, 3.05) is 20.1 Å². The lowest BCUT2D eigenvalue weighted by atomic mass is 10.3. The molecule has 0 amide bonds. The van der Waals surface area contributed by atoms with E-state index in [1.54, 1.807) is 14.0 Å². The van der Waals surface area contributed by atoms with Crippen LogP contribution in [0.4, 0.5) is 0 Å². The molecule has 0 aliphatic carbocycles. The molecule has 0 spiro atoms. The Bertz CT molecular complexity index is 554. The number of aromatic nitrogens is 1. The van der Waals surface area contributed by atoms with Gasteiger partial charge in [0.25, 0.3) is 10.0 Å². The predicted octanol–water partition coefficient (Wildman–Crippen LogP) is -0.273. The molecule has 0 bridgehead atoms. The molecular weight excluding hydrogens is 262 g/mol. The maximum Gasteiger partial charge on any atom is 0.305 e. The van der Waals surface area contributed by atoms with Crippen molar-refractivity contribution < 1.29 is 8.42 Å². The highest BCUT2D eigenvalue weighted by Crippen LogP contribution is 2.23. The van der Waals surface area contributed by atoms with Crippen LogP contribution in [0.5, 0.6) is 0 Å². The molecule has 6 nitrogen and oxygen atoms in total. The van der Waals surface area contributed by atoms with E-state index < -0.39 is 10.0 Å². The predicted molar refractivity (Wildman–Crippen MR) is 65.9 cm³/mol. The van der Waals surface area contributed by atoms with Crippen LogP contribution < -0.4 is 10.2 Å². The lowest BCUT2D eigenvalue weighted by molar-refractivity contribution is 0.388. The number of nitrogens with one attached hydrogen (secondary N) is 2. The fourth-order valence-electron chi connectivity index (χ4n) is 1.91. The van der Waals surface area contributed by atoms with Crippen LogP contribution >= 0.6 is 11.3 Å². The lowest BCUT2D eigenvalue weighted by Crippen LogP contribution is -2.38. The Morgan fingerprint density at radius 3 is 2.65 bits per heavy atom. The van der Waals surface area contributed by atoms with Gasteiger partial charge in [-0.25, -0.2) is 8.42 Å². The Morgan fingerprint density at radius 1 is 1.47 bits per heavy atom. The van der Waals surface area contributed by atoms with Gasteiger partial charge in [-0.1, -0.05) is 11.3 Å². The fourth-order valence-corrected chi connectivity index (χ4v) is 4.76. The molecule has 1 aliphatic heterocycles. The van der Waals surface area contributed by atoms with Gasteiger partial charge in [-0.3, -0.25) is 4.79 Å². The van der Waals surface area contributed by atoms with Gasteiger partial charge in [-0.15, -0.1) is 0 Å². The molecule has 1 unspecified atom stereocenters. The zero-order chi connectivity index (χ0) is 12.6. The zero-order valence-electron chi connectivity index (χ0n) is 9.69. The molecule has 17 heavy (non-hydrogen) atoms. The number of H-pyrrole nitrogens is 1. The summed E-state index contributed by atoms with van der Waals surface area (Å²) in [4.78, 5) is 13.3. The van der Waals surface area contributed by atoms with Crippen molar-refractivity contribution >= 4 is 21.4 Å². The SMILES string of the molecule is Cc1[nH]c(=O)sc1S(=O)(=O)N(C)C1CCNC1. The molecule has 2 heterocycles. The third kappa shape index (κ3) is 2.30. The number of aryl methyl sites for hydroxylation is 1. The van der Waals surface area contributed by atoms with Crippen LogP contribution in [0.15, 0.2) is 9.00 Å². The summed E-state index contributed by atoms with van der Waals surface area (Å²) in [6.45, 7) is 3.09. The van der Waals surface area contributed by atoms with Crippen molar-refractivity contribution in [1.82, 2.24) is 14.6 Å². The number of nitrogens with zero attached hydrogens (tertiary/aromatic N) is 1. The summed E-state index contributed by atoms with van der Waals surface area (Å²) in [6, 6.07) is -0.0309. The van der Waals surface area contributed by atoms with E-state index in [0.29, 0.717) is 12.2 Å². The van der Waals surface area contributed by atoms with Crippen molar-refractivity contribution in [2.45, 2.75) is 23.6 Å². The van der Waals surface area contributed by atoms with E-state index >= 15 is 0 Å². The second-order valence-corrected chi connectivity index (χ2v) is 7.27. The maximum absolute atomic E-state index is 12.3. The number of rotatable bonds is 3. The summed E-state index contributed by atoms with van der Waals surface area (Å²) in [5, 5.41) is 3.12. The van der Waals surface area contributed by atoms with Gasteiger partial charge < -0.3 is 10.3 Å². The number of likely N-dealkylation sites (N-methyl/N-ethyl adjacent to an activating group) is 1. The van der Waals surface area contributed by atoms with E-state index in [2.05, 4.69) is 10.3 Å². The Hall–Kier alpha value is -0.700. The van der Waals surface area contributed by atoms with Gasteiger partial charge in [0.05, 0.1) is 0 Å². The number of thiazole rings is 1. The Morgan fingerprint density at radius 2 is 2.18 bits per heavy atom. The summed E-state index contributed by atoms with van der Waals surface area (Å²) in [6.07, 6.45) is 0.800. The number of aromatic amines is 1. The second kappa shape index (κ2) is 4.52. The minimum atomic E-state index is -3.55. The molecule has 1 aliphatic rings. The molecule has 1 atom stereocenters. The van der Waals surface area contributed by atoms with E-state index in [1.165, 1.54) is 4.31 Å². The highest BCUT2D eigenvalue weighted by molar-refractivity contribution is 7.91. The second-order valence-electron chi connectivity index (χ2n) is 4.09. The van der Waals surface area contributed by atoms with Crippen molar-refractivity contribution in [3.63, 3.8) is 0 Å². The average molecular weight is 277 g/mol. The monoisotopic (exact) mass is 277 g/mol. The lowest BCUT2D eigenvalue weighted by Gasteiger charge is -2.22. The van der Waals surface area contributed by atoms with Gasteiger partial charge in [0.1, 0.15) is 0 Å². The zero-order valence-corrected chi connectivity index (χ0v) is 11.3. The molecule has 0 aromatic carbocycles. The molecule has 1 fully saturated rings. The minimum absolute atomic E-state index is 0.0309. The number of hydrogen-bond acceptors (Lipinski definition) is 5. The molecule has 96 valence electrons. The van der Waals surface area contributed by atoms with Crippen LogP contribution in [0, 0.1) is 6.92 Å². The first-order valence-electron chi connectivity index (χ1n) is 5.31. The Labute approximate surface area is 104 Å². The third-order valence-corrected chi connectivity index (χ3v) is 6.44. The van der Waals surface area contributed by atoms with Crippen molar-refractivity contribution in [1.29, 1.82) is 0 Å². The van der Waals surface area contributed by atoms with Gasteiger partial charge in [0.15, 0.2) is 4.21 Å². The maximum atomic E-state index is 12.3. The summed E-state index contributed by atoms with van der Waals surface area (Å²) < 4.78 is 26.1. The molecular formula is C9H15N3O3S2. The smallest absolute Gasteiger partial charge is 0.305 e. The molecule has 2 N–H and O–H groups in total. The quantitative estimate of drug-likeness (QED) is 0.796. The normalized spacial score (nSPS) is 21.2. The molecule has 1 saturated heterocycles. The van der Waals surface area contributed by atoms with Crippen LogP contribution in [0.3, 0.4) is 0 Å². The van der Waals surface area contributed by atoms with Crippen LogP contribution in [-0.4, -0.2) is 43.9 Å². The summed E-state index contributed by atoms with van der Waals surface area (Å²) in [7, 11) is -1.99. The number of hydrogen-bond donors (Lipinski definition) is 2. The summed E-state index contributed by atoms with van der Waals surface area (Å²) >= 11 is 0.747. The molecule has 0 saturated carbocycles. The van der Waals surface area contributed by atoms with Crippen LogP contribution in [-0.2, 0) is 10.0 Å². The van der Waals surface area contributed by atoms with Crippen molar-refractivity contribution in [3.8, 4) is 0 Å². The van der Waals surface area contributed by atoms with Gasteiger partial charge >= 0.3 is 4.87 Å². The van der Waals surface area contributed by atoms with Crippen LogP contribution in [0.25, 0.3) is 0 Å². The molecule has 2 rings (SSSR count). The Balaban J connectivity index is 2.35. The van der Waals surface area contributed by atoms with Gasteiger partial charge in [0, 0.05) is 25.3 Å². The molecule has 1 aromatic rings. The van der Waals surface area contributed by atoms with Gasteiger partial charge in [0.2, 0.25) is 0 Å². The summed E-state index contributed by atoms with van der Waals surface area (Å²) in [5.74, 6) is 0. The van der Waals surface area contributed by atoms with E-state index in [9.17, 15) is 13.2 Å². The standard InChI is InChI=1S/C9H15N3O3S2/c1-6-8(16-9(13)11-6)17(14,15)12(2)7-3-4-10-5-7/h7,10H,3-5H2,1-2H3,(H,11,13). The topological polar surface area (TPSA) is 82.3 Å². The summed E-state index contributed by atoms with van der Waals surface area (Å²) in [5.41, 5.74) is 0.415. The first kappa shape index (κ1) is 12.7. The van der Waals surface area contributed by atoms with E-state index in [1.807, 2.05) is 0 Å². The first-order chi connectivity index (χ1) is 7.93. The first-order valence-corrected chi connectivity index (χ1v) is 7.57. The van der Waals surface area contributed by atoms with E-state index in [0.717, 1.165) is 24.3 Å². The van der Waals surface area contributed by atoms with Crippen molar-refractivity contribution in [3.05, 3.63) is 15.4 Å². The Kier molecular flexibility index (Phi) is 3.39.